The standard InChI is InChI=1S/C17H17FN6O/c1-2-14-20-21-15-10-23(7-8-24(14)15)17(25)13-9-19-22-16(13)11-3-5-12(18)6-4-11/h3-6,9H,2,7-8,10H2,1H3,(H,19,22). The Kier molecular flexibility index (Phi) is 3.79. The van der Waals surface area contributed by atoms with Crippen LogP contribution in [0.25, 0.3) is 11.3 Å². The van der Waals surface area contributed by atoms with Crippen molar-refractivity contribution in [3.05, 3.63) is 53.5 Å². The van der Waals surface area contributed by atoms with Crippen LogP contribution in [-0.4, -0.2) is 42.3 Å². The third-order valence-electron chi connectivity index (χ3n) is 4.44. The van der Waals surface area contributed by atoms with Crippen molar-refractivity contribution in [2.45, 2.75) is 26.4 Å². The number of H-pyrrole nitrogens is 1. The lowest BCUT2D eigenvalue weighted by Crippen LogP contribution is -2.38. The molecule has 0 aliphatic carbocycles. The van der Waals surface area contributed by atoms with Crippen LogP contribution in [0.2, 0.25) is 0 Å². The van der Waals surface area contributed by atoms with Gasteiger partial charge in [-0.05, 0) is 24.3 Å². The van der Waals surface area contributed by atoms with Gasteiger partial charge in [-0.15, -0.1) is 10.2 Å². The number of benzene rings is 1. The van der Waals surface area contributed by atoms with Crippen molar-refractivity contribution in [3.8, 4) is 11.3 Å². The summed E-state index contributed by atoms with van der Waals surface area (Å²) in [5.41, 5.74) is 1.78. The zero-order valence-corrected chi connectivity index (χ0v) is 13.7. The van der Waals surface area contributed by atoms with Gasteiger partial charge in [-0.2, -0.15) is 5.10 Å². The van der Waals surface area contributed by atoms with E-state index in [4.69, 9.17) is 0 Å². The van der Waals surface area contributed by atoms with E-state index in [0.717, 1.165) is 23.6 Å². The maximum atomic E-state index is 13.1. The summed E-state index contributed by atoms with van der Waals surface area (Å²) in [6, 6.07) is 5.97. The fourth-order valence-corrected chi connectivity index (χ4v) is 3.11. The molecule has 128 valence electrons. The number of hydrogen-bond donors (Lipinski definition) is 1. The summed E-state index contributed by atoms with van der Waals surface area (Å²) in [7, 11) is 0. The molecule has 7 nitrogen and oxygen atoms in total. The fraction of sp³-hybridized carbons (Fsp3) is 0.294. The fourth-order valence-electron chi connectivity index (χ4n) is 3.11. The molecule has 0 saturated carbocycles. The van der Waals surface area contributed by atoms with Crippen LogP contribution in [0.15, 0.2) is 30.5 Å². The highest BCUT2D eigenvalue weighted by molar-refractivity contribution is 5.99. The number of amides is 1. The highest BCUT2D eigenvalue weighted by Crippen LogP contribution is 2.24. The Bertz CT molecular complexity index is 914. The summed E-state index contributed by atoms with van der Waals surface area (Å²) in [6.45, 7) is 3.72. The van der Waals surface area contributed by atoms with E-state index in [0.29, 0.717) is 30.9 Å². The number of aromatic nitrogens is 5. The van der Waals surface area contributed by atoms with Crippen LogP contribution >= 0.6 is 0 Å². The number of halogens is 1. The summed E-state index contributed by atoms with van der Waals surface area (Å²) in [6.07, 6.45) is 2.33. The van der Waals surface area contributed by atoms with Crippen LogP contribution in [-0.2, 0) is 19.5 Å². The molecule has 0 spiro atoms. The maximum Gasteiger partial charge on any atom is 0.258 e. The first-order chi connectivity index (χ1) is 12.2. The Morgan fingerprint density at radius 2 is 2.04 bits per heavy atom. The third kappa shape index (κ3) is 2.69. The molecule has 0 radical (unpaired) electrons. The molecule has 1 aliphatic rings. The van der Waals surface area contributed by atoms with Gasteiger partial charge in [0.05, 0.1) is 24.0 Å². The molecule has 2 aromatic heterocycles. The van der Waals surface area contributed by atoms with E-state index in [2.05, 4.69) is 25.0 Å². The van der Waals surface area contributed by atoms with Gasteiger partial charge in [0.2, 0.25) is 0 Å². The lowest BCUT2D eigenvalue weighted by Gasteiger charge is -2.27. The predicted octanol–water partition coefficient (Wildman–Crippen LogP) is 2.03. The molecule has 8 heteroatoms. The molecule has 0 fully saturated rings. The minimum absolute atomic E-state index is 0.125. The molecular formula is C17H17FN6O. The van der Waals surface area contributed by atoms with Crippen LogP contribution in [0.5, 0.6) is 0 Å². The third-order valence-corrected chi connectivity index (χ3v) is 4.44. The van der Waals surface area contributed by atoms with E-state index in [-0.39, 0.29) is 11.7 Å². The van der Waals surface area contributed by atoms with Crippen LogP contribution in [0.3, 0.4) is 0 Å². The number of rotatable bonds is 3. The van der Waals surface area contributed by atoms with Crippen molar-refractivity contribution in [2.24, 2.45) is 0 Å². The molecule has 1 aromatic carbocycles. The van der Waals surface area contributed by atoms with Crippen molar-refractivity contribution in [2.75, 3.05) is 6.54 Å². The number of nitrogens with one attached hydrogen (secondary N) is 1. The molecular weight excluding hydrogens is 323 g/mol. The summed E-state index contributed by atoms with van der Waals surface area (Å²) in [4.78, 5) is 14.7. The Morgan fingerprint density at radius 3 is 2.80 bits per heavy atom. The van der Waals surface area contributed by atoms with E-state index < -0.39 is 0 Å². The molecule has 3 heterocycles. The van der Waals surface area contributed by atoms with Crippen LogP contribution < -0.4 is 0 Å². The van der Waals surface area contributed by atoms with Crippen LogP contribution in [0.4, 0.5) is 4.39 Å². The molecule has 25 heavy (non-hydrogen) atoms. The van der Waals surface area contributed by atoms with Gasteiger partial charge in [0.25, 0.3) is 5.91 Å². The molecule has 0 bridgehead atoms. The molecule has 0 saturated heterocycles. The topological polar surface area (TPSA) is 79.7 Å². The average Bonchev–Trinajstić information content (AvgIpc) is 3.28. The highest BCUT2D eigenvalue weighted by Gasteiger charge is 2.27. The van der Waals surface area contributed by atoms with Crippen LogP contribution in [0, 0.1) is 5.82 Å². The number of hydrogen-bond acceptors (Lipinski definition) is 4. The van der Waals surface area contributed by atoms with Gasteiger partial charge in [0.15, 0.2) is 5.82 Å². The van der Waals surface area contributed by atoms with Gasteiger partial charge in [0, 0.05) is 25.1 Å². The summed E-state index contributed by atoms with van der Waals surface area (Å²) < 4.78 is 15.2. The Morgan fingerprint density at radius 1 is 1.24 bits per heavy atom. The van der Waals surface area contributed by atoms with E-state index in [1.54, 1.807) is 17.0 Å². The molecule has 1 amide bonds. The van der Waals surface area contributed by atoms with Gasteiger partial charge < -0.3 is 9.47 Å². The lowest BCUT2D eigenvalue weighted by molar-refractivity contribution is 0.0707. The number of carbonyl (C=O) groups is 1. The van der Waals surface area contributed by atoms with E-state index >= 15 is 0 Å². The smallest absolute Gasteiger partial charge is 0.258 e. The van der Waals surface area contributed by atoms with Crippen molar-refractivity contribution >= 4 is 5.91 Å². The van der Waals surface area contributed by atoms with Gasteiger partial charge in [0.1, 0.15) is 11.6 Å². The lowest BCUT2D eigenvalue weighted by atomic mass is 10.1. The average molecular weight is 340 g/mol. The molecule has 3 aromatic rings. The Labute approximate surface area is 143 Å². The Balaban J connectivity index is 1.60. The zero-order valence-electron chi connectivity index (χ0n) is 13.7. The molecule has 1 aliphatic heterocycles. The number of fused-ring (bicyclic) bond motifs is 1. The zero-order chi connectivity index (χ0) is 17.4. The number of aryl methyl sites for hydroxylation is 1. The SMILES string of the molecule is CCc1nnc2n1CCN(C(=O)c1cn[nH]c1-c1ccc(F)cc1)C2. The second-order valence-electron chi connectivity index (χ2n) is 5.93. The minimum atomic E-state index is -0.321. The first kappa shape index (κ1) is 15.5. The number of aromatic amines is 1. The van der Waals surface area contributed by atoms with Crippen LogP contribution in [0.1, 0.15) is 28.9 Å². The quantitative estimate of drug-likeness (QED) is 0.791. The number of carbonyl (C=O) groups excluding carboxylic acids is 1. The summed E-state index contributed by atoms with van der Waals surface area (Å²) in [5.74, 6) is 1.29. The normalized spacial score (nSPS) is 13.8. The first-order valence-corrected chi connectivity index (χ1v) is 8.17. The highest BCUT2D eigenvalue weighted by atomic mass is 19.1. The second-order valence-corrected chi connectivity index (χ2v) is 5.93. The van der Waals surface area contributed by atoms with Crippen molar-refractivity contribution in [3.63, 3.8) is 0 Å². The van der Waals surface area contributed by atoms with Gasteiger partial charge in [-0.1, -0.05) is 6.92 Å². The van der Waals surface area contributed by atoms with Gasteiger partial charge in [-0.3, -0.25) is 9.89 Å². The Hall–Kier alpha value is -3.03. The largest absolute Gasteiger partial charge is 0.329 e. The maximum absolute atomic E-state index is 13.1. The monoisotopic (exact) mass is 340 g/mol. The van der Waals surface area contributed by atoms with Crippen molar-refractivity contribution in [1.82, 2.24) is 29.9 Å². The van der Waals surface area contributed by atoms with E-state index in [9.17, 15) is 9.18 Å². The van der Waals surface area contributed by atoms with E-state index in [1.807, 2.05) is 6.92 Å². The summed E-state index contributed by atoms with van der Waals surface area (Å²) >= 11 is 0. The van der Waals surface area contributed by atoms with Crippen molar-refractivity contribution in [1.29, 1.82) is 0 Å². The first-order valence-electron chi connectivity index (χ1n) is 8.17. The summed E-state index contributed by atoms with van der Waals surface area (Å²) in [5, 5.41) is 15.2. The minimum Gasteiger partial charge on any atom is -0.329 e. The molecule has 1 N–H and O–H groups in total. The molecule has 4 rings (SSSR count). The van der Waals surface area contributed by atoms with Gasteiger partial charge in [-0.25, -0.2) is 4.39 Å². The predicted molar refractivity (Wildman–Crippen MR) is 88.1 cm³/mol. The molecule has 0 unspecified atom stereocenters. The second kappa shape index (κ2) is 6.12. The molecule has 0 atom stereocenters. The van der Waals surface area contributed by atoms with E-state index in [1.165, 1.54) is 18.3 Å². The van der Waals surface area contributed by atoms with Gasteiger partial charge >= 0.3 is 0 Å². The number of nitrogens with zero attached hydrogens (tertiary/aromatic N) is 5. The van der Waals surface area contributed by atoms with Crippen molar-refractivity contribution < 1.29 is 9.18 Å².